The summed E-state index contributed by atoms with van der Waals surface area (Å²) in [4.78, 5) is 19.1. The fourth-order valence-corrected chi connectivity index (χ4v) is 4.45. The van der Waals surface area contributed by atoms with Crippen LogP contribution in [-0.4, -0.2) is 95.4 Å². The van der Waals surface area contributed by atoms with Crippen molar-refractivity contribution in [3.8, 4) is 0 Å². The quantitative estimate of drug-likeness (QED) is 0.216. The van der Waals surface area contributed by atoms with E-state index in [4.69, 9.17) is 15.2 Å². The van der Waals surface area contributed by atoms with Crippen LogP contribution in [0.1, 0.15) is 11.8 Å². The highest BCUT2D eigenvalue weighted by Gasteiger charge is 2.61. The summed E-state index contributed by atoms with van der Waals surface area (Å²) in [6.07, 6.45) is -5.95. The summed E-state index contributed by atoms with van der Waals surface area (Å²) in [6, 6.07) is -0.516. The molecule has 3 fully saturated rings. The van der Waals surface area contributed by atoms with Gasteiger partial charge in [-0.05, 0) is 5.56 Å². The van der Waals surface area contributed by atoms with Gasteiger partial charge < -0.3 is 50.6 Å². The second kappa shape index (κ2) is 6.96. The van der Waals surface area contributed by atoms with E-state index in [-0.39, 0.29) is 29.6 Å². The van der Waals surface area contributed by atoms with E-state index >= 15 is 0 Å². The number of epoxide rings is 1. The maximum absolute atomic E-state index is 12.6. The zero-order valence-electron chi connectivity index (χ0n) is 15.6. The number of fused-ring (bicyclic) bond motifs is 2. The van der Waals surface area contributed by atoms with Gasteiger partial charge in [0.15, 0.2) is 11.9 Å². The number of anilines is 1. The number of hydrogen-bond acceptors (Lipinski definition) is 11. The van der Waals surface area contributed by atoms with Crippen LogP contribution in [0.5, 0.6) is 0 Å². The maximum atomic E-state index is 12.6. The van der Waals surface area contributed by atoms with Gasteiger partial charge in [-0.15, -0.1) is 0 Å². The summed E-state index contributed by atoms with van der Waals surface area (Å²) in [7, 11) is 0. The molecule has 0 spiro atoms. The van der Waals surface area contributed by atoms with Gasteiger partial charge in [0.05, 0.1) is 18.0 Å². The van der Waals surface area contributed by atoms with Crippen molar-refractivity contribution in [1.82, 2.24) is 19.9 Å². The lowest BCUT2D eigenvalue weighted by molar-refractivity contribution is -0.0509. The Labute approximate surface area is 168 Å². The van der Waals surface area contributed by atoms with Crippen molar-refractivity contribution in [2.45, 2.75) is 61.5 Å². The van der Waals surface area contributed by atoms with Gasteiger partial charge in [0.1, 0.15) is 42.7 Å². The molecule has 13 heteroatoms. The minimum absolute atomic E-state index is 0.119. The largest absolute Gasteiger partial charge is 0.394 e. The first kappa shape index (κ1) is 19.8. The average Bonchev–Trinajstić information content (AvgIpc) is 3.26. The molecule has 0 amide bonds. The van der Waals surface area contributed by atoms with Crippen molar-refractivity contribution < 1.29 is 35.0 Å². The standard InChI is InChI=1S/C17H23N5O8/c18-17-20-14-6(15(28)21-17)4(1-19-7-9(25)10(26)13-12(7)30-13)2-22(14)16-11(27)8(24)5(3-23)29-16/h2,5,7-13,16,19,23-27H,1,3H2,(H3,18,20,21,28)/t5-,7+,8-,9-,10-,11-,12?,13?,16-/m1/s1. The monoisotopic (exact) mass is 425 g/mol. The number of nitrogens with two attached hydrogens (primary N) is 1. The third kappa shape index (κ3) is 2.86. The van der Waals surface area contributed by atoms with E-state index in [0.29, 0.717) is 5.56 Å². The van der Waals surface area contributed by atoms with Crippen LogP contribution in [0.3, 0.4) is 0 Å². The predicted molar refractivity (Wildman–Crippen MR) is 99.1 cm³/mol. The highest BCUT2D eigenvalue weighted by atomic mass is 16.6. The van der Waals surface area contributed by atoms with Crippen LogP contribution in [0.4, 0.5) is 5.95 Å². The van der Waals surface area contributed by atoms with Crippen molar-refractivity contribution in [1.29, 1.82) is 0 Å². The molecule has 2 unspecified atom stereocenters. The molecule has 2 aliphatic heterocycles. The van der Waals surface area contributed by atoms with E-state index in [0.717, 1.165) is 0 Å². The van der Waals surface area contributed by atoms with Crippen molar-refractivity contribution in [2.24, 2.45) is 0 Å². The number of nitrogens with zero attached hydrogens (tertiary/aromatic N) is 2. The van der Waals surface area contributed by atoms with Crippen LogP contribution in [0.2, 0.25) is 0 Å². The van der Waals surface area contributed by atoms with E-state index < -0.39 is 61.1 Å². The van der Waals surface area contributed by atoms with E-state index in [1.807, 2.05) is 0 Å². The molecule has 9 atom stereocenters. The number of hydrogen-bond donors (Lipinski definition) is 8. The van der Waals surface area contributed by atoms with Crippen LogP contribution in [0, 0.1) is 0 Å². The first-order chi connectivity index (χ1) is 14.3. The lowest BCUT2D eigenvalue weighted by Gasteiger charge is -2.20. The topological polar surface area (TPSA) is 212 Å². The summed E-state index contributed by atoms with van der Waals surface area (Å²) in [5, 5.41) is 53.1. The van der Waals surface area contributed by atoms with Crippen LogP contribution in [0.15, 0.2) is 11.0 Å². The van der Waals surface area contributed by atoms with Gasteiger partial charge in [-0.1, -0.05) is 0 Å². The van der Waals surface area contributed by atoms with Gasteiger partial charge in [0, 0.05) is 12.7 Å². The van der Waals surface area contributed by atoms with Crippen molar-refractivity contribution in [2.75, 3.05) is 12.3 Å². The number of rotatable bonds is 5. The summed E-state index contributed by atoms with van der Waals surface area (Å²) in [5.41, 5.74) is 5.78. The Balaban J connectivity index is 1.49. The van der Waals surface area contributed by atoms with Crippen molar-refractivity contribution >= 4 is 17.0 Å². The zero-order valence-corrected chi connectivity index (χ0v) is 15.6. The lowest BCUT2D eigenvalue weighted by Crippen LogP contribution is -2.44. The molecule has 0 bridgehead atoms. The highest BCUT2D eigenvalue weighted by Crippen LogP contribution is 2.39. The van der Waals surface area contributed by atoms with Gasteiger partial charge in [0.2, 0.25) is 5.95 Å². The summed E-state index contributed by atoms with van der Waals surface area (Å²) in [6.45, 7) is -0.378. The van der Waals surface area contributed by atoms with Gasteiger partial charge in [-0.25, -0.2) is 0 Å². The third-order valence-corrected chi connectivity index (χ3v) is 6.07. The summed E-state index contributed by atoms with van der Waals surface area (Å²) >= 11 is 0. The van der Waals surface area contributed by atoms with Crippen LogP contribution >= 0.6 is 0 Å². The van der Waals surface area contributed by atoms with Gasteiger partial charge in [0.25, 0.3) is 5.56 Å². The second-order valence-electron chi connectivity index (χ2n) is 7.89. The second-order valence-corrected chi connectivity index (χ2v) is 7.89. The fourth-order valence-electron chi connectivity index (χ4n) is 4.45. The first-order valence-corrected chi connectivity index (χ1v) is 9.58. The number of nitrogen functional groups attached to an aromatic ring is 1. The average molecular weight is 425 g/mol. The lowest BCUT2D eigenvalue weighted by atomic mass is 10.1. The van der Waals surface area contributed by atoms with Crippen molar-refractivity contribution in [3.05, 3.63) is 22.1 Å². The van der Waals surface area contributed by atoms with E-state index in [9.17, 15) is 30.3 Å². The normalized spacial score (nSPS) is 40.2. The molecule has 1 aliphatic carbocycles. The van der Waals surface area contributed by atoms with Crippen molar-refractivity contribution in [3.63, 3.8) is 0 Å². The Morgan fingerprint density at radius 2 is 1.90 bits per heavy atom. The molecule has 30 heavy (non-hydrogen) atoms. The summed E-state index contributed by atoms with van der Waals surface area (Å²) < 4.78 is 12.3. The minimum atomic E-state index is -1.37. The Morgan fingerprint density at radius 1 is 1.13 bits per heavy atom. The number of nitrogens with one attached hydrogen (secondary N) is 2. The molecule has 1 saturated carbocycles. The molecule has 4 heterocycles. The number of aliphatic hydroxyl groups is 5. The molecule has 13 nitrogen and oxygen atoms in total. The fraction of sp³-hybridized carbons (Fsp3) is 0.647. The number of H-pyrrole nitrogens is 1. The van der Waals surface area contributed by atoms with E-state index in [1.54, 1.807) is 0 Å². The Morgan fingerprint density at radius 3 is 2.53 bits per heavy atom. The molecule has 0 radical (unpaired) electrons. The Hall–Kier alpha value is -2.10. The summed E-state index contributed by atoms with van der Waals surface area (Å²) in [5.74, 6) is -0.137. The smallest absolute Gasteiger partial charge is 0.262 e. The number of aromatic amines is 1. The Kier molecular flexibility index (Phi) is 4.61. The van der Waals surface area contributed by atoms with E-state index in [1.165, 1.54) is 10.8 Å². The third-order valence-electron chi connectivity index (χ3n) is 6.07. The first-order valence-electron chi connectivity index (χ1n) is 9.58. The van der Waals surface area contributed by atoms with Crippen LogP contribution < -0.4 is 16.6 Å². The maximum Gasteiger partial charge on any atom is 0.262 e. The SMILES string of the molecule is Nc1nc2c(c(CN[C@@H]3C4OC4[C@H](O)[C@@H]3O)cn2[C@@H]2O[C@H](CO)[C@@H](O)[C@H]2O)c(=O)[nH]1. The molecule has 0 aromatic carbocycles. The molecule has 9 N–H and O–H groups in total. The molecular weight excluding hydrogens is 402 g/mol. The molecule has 2 aromatic heterocycles. The van der Waals surface area contributed by atoms with Gasteiger partial charge in [-0.2, -0.15) is 4.98 Å². The number of ether oxygens (including phenoxy) is 2. The molecule has 2 aromatic rings. The van der Waals surface area contributed by atoms with Crippen LogP contribution in [-0.2, 0) is 16.0 Å². The van der Waals surface area contributed by atoms with E-state index in [2.05, 4.69) is 15.3 Å². The molecule has 164 valence electrons. The zero-order chi connectivity index (χ0) is 21.3. The predicted octanol–water partition coefficient (Wildman–Crippen LogP) is -4.12. The molecular formula is C17H23N5O8. The highest BCUT2D eigenvalue weighted by molar-refractivity contribution is 5.80. The molecule has 5 rings (SSSR count). The molecule has 3 aliphatic rings. The molecule has 2 saturated heterocycles. The number of aliphatic hydroxyl groups excluding tert-OH is 5. The number of aromatic nitrogens is 3. The Bertz CT molecular complexity index is 1030. The van der Waals surface area contributed by atoms with Crippen LogP contribution in [0.25, 0.3) is 11.0 Å². The van der Waals surface area contributed by atoms with Gasteiger partial charge in [-0.3, -0.25) is 9.78 Å². The minimum Gasteiger partial charge on any atom is -0.394 e. The van der Waals surface area contributed by atoms with Gasteiger partial charge >= 0.3 is 0 Å².